The van der Waals surface area contributed by atoms with Gasteiger partial charge in [-0.1, -0.05) is 11.3 Å². The lowest BCUT2D eigenvalue weighted by atomic mass is 10.1. The van der Waals surface area contributed by atoms with E-state index in [0.29, 0.717) is 0 Å². The minimum absolute atomic E-state index is 0.279. The Balaban J connectivity index is 1.87. The number of carbonyl (C=O) groups excluding carboxylic acids is 1. The number of rotatable bonds is 2. The molecule has 0 aromatic rings. The van der Waals surface area contributed by atoms with Gasteiger partial charge in [0, 0.05) is 6.08 Å². The van der Waals surface area contributed by atoms with Crippen molar-refractivity contribution in [1.29, 1.82) is 0 Å². The SMILES string of the molecule is O=C1C=C[C@@H]2NN=N[C@@H]2N1[C@@H]1O[C@H](CO)[C@H](O)[C@@H]1O. The van der Waals surface area contributed by atoms with Crippen LogP contribution in [0.3, 0.4) is 0 Å². The predicted molar refractivity (Wildman–Crippen MR) is 59.3 cm³/mol. The van der Waals surface area contributed by atoms with Gasteiger partial charge in [-0.3, -0.25) is 15.1 Å². The van der Waals surface area contributed by atoms with Gasteiger partial charge < -0.3 is 20.1 Å². The first kappa shape index (κ1) is 12.5. The molecule has 6 atom stereocenters. The highest BCUT2D eigenvalue weighted by Gasteiger charge is 2.50. The molecule has 0 aliphatic carbocycles. The van der Waals surface area contributed by atoms with E-state index >= 15 is 0 Å². The van der Waals surface area contributed by atoms with Crippen molar-refractivity contribution in [3.63, 3.8) is 0 Å². The first-order valence-corrected chi connectivity index (χ1v) is 5.92. The fourth-order valence-electron chi connectivity index (χ4n) is 2.46. The van der Waals surface area contributed by atoms with Gasteiger partial charge in [0.25, 0.3) is 0 Å². The fraction of sp³-hybridized carbons (Fsp3) is 0.700. The molecule has 19 heavy (non-hydrogen) atoms. The third-order valence-corrected chi connectivity index (χ3v) is 3.48. The van der Waals surface area contributed by atoms with Crippen molar-refractivity contribution >= 4 is 5.91 Å². The summed E-state index contributed by atoms with van der Waals surface area (Å²) in [4.78, 5) is 13.2. The van der Waals surface area contributed by atoms with E-state index in [1.54, 1.807) is 6.08 Å². The number of nitrogens with one attached hydrogen (secondary N) is 1. The molecule has 4 N–H and O–H groups in total. The Morgan fingerprint density at radius 2 is 2.21 bits per heavy atom. The van der Waals surface area contributed by atoms with Crippen LogP contribution in [0.2, 0.25) is 0 Å². The highest BCUT2D eigenvalue weighted by molar-refractivity contribution is 5.89. The molecule has 0 unspecified atom stereocenters. The van der Waals surface area contributed by atoms with E-state index in [2.05, 4.69) is 15.8 Å². The molecule has 104 valence electrons. The number of aliphatic hydroxyl groups excluding tert-OH is 3. The van der Waals surface area contributed by atoms with Gasteiger partial charge in [-0.15, -0.1) is 5.11 Å². The topological polar surface area (TPSA) is 127 Å². The number of hydrogen-bond acceptors (Lipinski definition) is 8. The van der Waals surface area contributed by atoms with Crippen molar-refractivity contribution in [1.82, 2.24) is 10.3 Å². The van der Waals surface area contributed by atoms with Crippen LogP contribution in [0, 0.1) is 0 Å². The second-order valence-electron chi connectivity index (χ2n) is 4.62. The van der Waals surface area contributed by atoms with Gasteiger partial charge in [0.1, 0.15) is 24.4 Å². The molecule has 0 aromatic carbocycles. The van der Waals surface area contributed by atoms with Crippen LogP contribution >= 0.6 is 0 Å². The third-order valence-electron chi connectivity index (χ3n) is 3.48. The Morgan fingerprint density at radius 3 is 2.89 bits per heavy atom. The summed E-state index contributed by atoms with van der Waals surface area (Å²) < 4.78 is 5.34. The second kappa shape index (κ2) is 4.53. The number of carbonyl (C=O) groups is 1. The highest BCUT2D eigenvalue weighted by Crippen LogP contribution is 2.30. The number of aliphatic hydroxyl groups is 3. The smallest absolute Gasteiger partial charge is 0.250 e. The molecule has 9 nitrogen and oxygen atoms in total. The summed E-state index contributed by atoms with van der Waals surface area (Å²) in [7, 11) is 0. The molecule has 1 amide bonds. The average Bonchev–Trinajstić information content (AvgIpc) is 2.97. The Kier molecular flexibility index (Phi) is 2.97. The molecular weight excluding hydrogens is 256 g/mol. The van der Waals surface area contributed by atoms with Crippen molar-refractivity contribution in [3.8, 4) is 0 Å². The largest absolute Gasteiger partial charge is 0.394 e. The lowest BCUT2D eigenvalue weighted by molar-refractivity contribution is -0.155. The molecule has 0 spiro atoms. The molecule has 1 saturated heterocycles. The zero-order chi connectivity index (χ0) is 13.6. The van der Waals surface area contributed by atoms with Crippen LogP contribution in [0.4, 0.5) is 0 Å². The maximum Gasteiger partial charge on any atom is 0.250 e. The van der Waals surface area contributed by atoms with E-state index in [1.807, 2.05) is 0 Å². The summed E-state index contributed by atoms with van der Waals surface area (Å²) >= 11 is 0. The molecule has 3 heterocycles. The molecule has 0 saturated carbocycles. The molecule has 0 aromatic heterocycles. The number of hydrogen-bond donors (Lipinski definition) is 4. The fourth-order valence-corrected chi connectivity index (χ4v) is 2.46. The van der Waals surface area contributed by atoms with Crippen LogP contribution in [0.25, 0.3) is 0 Å². The maximum absolute atomic E-state index is 11.9. The third kappa shape index (κ3) is 1.82. The Morgan fingerprint density at radius 1 is 1.42 bits per heavy atom. The summed E-state index contributed by atoms with van der Waals surface area (Å²) in [6, 6.07) is -0.279. The summed E-state index contributed by atoms with van der Waals surface area (Å²) in [5, 5.41) is 36.3. The van der Waals surface area contributed by atoms with Gasteiger partial charge in [0.15, 0.2) is 12.4 Å². The van der Waals surface area contributed by atoms with Crippen molar-refractivity contribution in [2.75, 3.05) is 6.61 Å². The van der Waals surface area contributed by atoms with Crippen LogP contribution in [-0.2, 0) is 9.53 Å². The first-order valence-electron chi connectivity index (χ1n) is 5.92. The number of fused-ring (bicyclic) bond motifs is 1. The van der Waals surface area contributed by atoms with Crippen LogP contribution in [0.15, 0.2) is 22.5 Å². The number of amides is 1. The minimum Gasteiger partial charge on any atom is -0.394 e. The maximum atomic E-state index is 11.9. The molecule has 3 aliphatic rings. The van der Waals surface area contributed by atoms with E-state index < -0.39 is 43.2 Å². The summed E-state index contributed by atoms with van der Waals surface area (Å²) in [6.45, 7) is -0.444. The van der Waals surface area contributed by atoms with Crippen molar-refractivity contribution in [2.45, 2.75) is 36.7 Å². The molecular formula is C10H14N4O5. The van der Waals surface area contributed by atoms with Crippen molar-refractivity contribution in [3.05, 3.63) is 12.2 Å². The number of ether oxygens (including phenoxy) is 1. The van der Waals surface area contributed by atoms with Crippen molar-refractivity contribution < 1.29 is 24.9 Å². The molecule has 3 aliphatic heterocycles. The Labute approximate surface area is 108 Å². The van der Waals surface area contributed by atoms with Gasteiger partial charge in [0.2, 0.25) is 5.91 Å². The molecule has 1 fully saturated rings. The Bertz CT molecular complexity index is 442. The molecule has 0 bridgehead atoms. The predicted octanol–water partition coefficient (Wildman–Crippen LogP) is -2.51. The highest BCUT2D eigenvalue weighted by atomic mass is 16.6. The van der Waals surface area contributed by atoms with Gasteiger partial charge in [-0.2, -0.15) is 0 Å². The van der Waals surface area contributed by atoms with Crippen LogP contribution in [-0.4, -0.2) is 69.5 Å². The quantitative estimate of drug-likeness (QED) is 0.439. The molecule has 3 rings (SSSR count). The monoisotopic (exact) mass is 270 g/mol. The van der Waals surface area contributed by atoms with Gasteiger partial charge in [-0.25, -0.2) is 0 Å². The average molecular weight is 270 g/mol. The van der Waals surface area contributed by atoms with Gasteiger partial charge in [0.05, 0.1) is 6.61 Å². The minimum atomic E-state index is -1.30. The zero-order valence-electron chi connectivity index (χ0n) is 9.83. The van der Waals surface area contributed by atoms with E-state index in [-0.39, 0.29) is 6.04 Å². The lowest BCUT2D eigenvalue weighted by Crippen LogP contribution is -2.56. The van der Waals surface area contributed by atoms with Crippen LogP contribution < -0.4 is 5.43 Å². The summed E-state index contributed by atoms with van der Waals surface area (Å²) in [5.41, 5.74) is 2.71. The van der Waals surface area contributed by atoms with Crippen LogP contribution in [0.5, 0.6) is 0 Å². The Hall–Kier alpha value is -1.55. The molecule has 9 heteroatoms. The lowest BCUT2D eigenvalue weighted by Gasteiger charge is -2.36. The standard InChI is InChI=1S/C10H14N4O5/c15-3-5-7(17)8(18)10(19-5)14-6(16)2-1-4-9(14)12-13-11-4/h1-2,4-5,7-10,15,17-18H,3H2,(H,11,12)/t4-,5+,7-,8-,9+,10+/m0/s1. The van der Waals surface area contributed by atoms with E-state index in [1.165, 1.54) is 11.0 Å². The second-order valence-corrected chi connectivity index (χ2v) is 4.62. The van der Waals surface area contributed by atoms with E-state index in [4.69, 9.17) is 9.84 Å². The van der Waals surface area contributed by atoms with E-state index in [9.17, 15) is 15.0 Å². The molecule has 0 radical (unpaired) electrons. The van der Waals surface area contributed by atoms with Crippen LogP contribution in [0.1, 0.15) is 0 Å². The number of nitrogens with zero attached hydrogens (tertiary/aromatic N) is 3. The summed E-state index contributed by atoms with van der Waals surface area (Å²) in [5.74, 6) is -0.390. The van der Waals surface area contributed by atoms with Gasteiger partial charge >= 0.3 is 0 Å². The van der Waals surface area contributed by atoms with Gasteiger partial charge in [-0.05, 0) is 0 Å². The first-order chi connectivity index (χ1) is 9.13. The van der Waals surface area contributed by atoms with Crippen molar-refractivity contribution in [2.24, 2.45) is 10.3 Å². The normalized spacial score (nSPS) is 44.6. The van der Waals surface area contributed by atoms with E-state index in [0.717, 1.165) is 0 Å². The summed E-state index contributed by atoms with van der Waals surface area (Å²) in [6.07, 6.45) is -2.20. The zero-order valence-corrected chi connectivity index (χ0v) is 9.83.